The van der Waals surface area contributed by atoms with Gasteiger partial charge in [-0.15, -0.1) is 0 Å². The molecule has 2 aromatic rings. The number of aliphatic hydroxyl groups is 4. The second kappa shape index (κ2) is 7.35. The molecule has 3 heterocycles. The lowest BCUT2D eigenvalue weighted by Gasteiger charge is -2.45. The number of rotatable bonds is 3. The molecule has 0 unspecified atom stereocenters. The maximum absolute atomic E-state index is 11.7. The van der Waals surface area contributed by atoms with Crippen molar-refractivity contribution in [1.29, 1.82) is 0 Å². The summed E-state index contributed by atoms with van der Waals surface area (Å²) in [5, 5.41) is 40.3. The zero-order chi connectivity index (χ0) is 20.9. The highest BCUT2D eigenvalue weighted by Crippen LogP contribution is 2.39. The van der Waals surface area contributed by atoms with Gasteiger partial charge in [-0.25, -0.2) is 4.79 Å². The third-order valence-electron chi connectivity index (χ3n) is 5.53. The second-order valence-corrected chi connectivity index (χ2v) is 7.95. The van der Waals surface area contributed by atoms with Gasteiger partial charge >= 0.3 is 5.63 Å². The summed E-state index contributed by atoms with van der Waals surface area (Å²) in [6, 6.07) is 6.59. The molecule has 9 heteroatoms. The van der Waals surface area contributed by atoms with Crippen LogP contribution in [0, 0.1) is 0 Å². The molecule has 4 N–H and O–H groups in total. The van der Waals surface area contributed by atoms with E-state index in [2.05, 4.69) is 0 Å². The van der Waals surface area contributed by atoms with E-state index in [0.29, 0.717) is 23.3 Å². The van der Waals surface area contributed by atoms with E-state index in [0.717, 1.165) is 5.39 Å². The van der Waals surface area contributed by atoms with Gasteiger partial charge in [-0.2, -0.15) is 0 Å². The largest absolute Gasteiger partial charge is 0.485 e. The van der Waals surface area contributed by atoms with E-state index >= 15 is 0 Å². The van der Waals surface area contributed by atoms with Gasteiger partial charge < -0.3 is 39.1 Å². The highest BCUT2D eigenvalue weighted by Gasteiger charge is 2.48. The monoisotopic (exact) mass is 408 g/mol. The Labute approximate surface area is 166 Å². The van der Waals surface area contributed by atoms with E-state index < -0.39 is 54.6 Å². The van der Waals surface area contributed by atoms with Crippen molar-refractivity contribution in [2.75, 3.05) is 6.61 Å². The first-order valence-electron chi connectivity index (χ1n) is 9.42. The number of aliphatic hydroxyl groups excluding tert-OH is 4. The minimum absolute atomic E-state index is 0.293. The van der Waals surface area contributed by atoms with E-state index in [1.807, 2.05) is 0 Å². The van der Waals surface area contributed by atoms with Crippen molar-refractivity contribution in [2.45, 2.75) is 62.7 Å². The molecule has 158 valence electrons. The van der Waals surface area contributed by atoms with Crippen LogP contribution in [0.1, 0.15) is 19.4 Å². The SMILES string of the molecule is CC1(C)Oc2ccc3ccc(=O)oc3c2C[C@@H]1O[C@H]1O[C@H](CO)[C@@H](O)[C@H](O)[C@H]1O. The Balaban J connectivity index is 1.65. The van der Waals surface area contributed by atoms with Crippen molar-refractivity contribution in [3.8, 4) is 5.75 Å². The molecular weight excluding hydrogens is 384 g/mol. The van der Waals surface area contributed by atoms with Gasteiger partial charge in [0, 0.05) is 23.4 Å². The van der Waals surface area contributed by atoms with Crippen LogP contribution in [0.25, 0.3) is 11.0 Å². The molecule has 1 aromatic carbocycles. The van der Waals surface area contributed by atoms with Gasteiger partial charge in [-0.05, 0) is 32.0 Å². The van der Waals surface area contributed by atoms with Gasteiger partial charge in [0.1, 0.15) is 47.5 Å². The van der Waals surface area contributed by atoms with Crippen LogP contribution in [-0.4, -0.2) is 69.4 Å². The van der Waals surface area contributed by atoms with Crippen LogP contribution < -0.4 is 10.4 Å². The molecule has 0 saturated carbocycles. The van der Waals surface area contributed by atoms with Crippen molar-refractivity contribution in [2.24, 2.45) is 0 Å². The number of fused-ring (bicyclic) bond motifs is 3. The van der Waals surface area contributed by atoms with E-state index in [1.165, 1.54) is 6.07 Å². The smallest absolute Gasteiger partial charge is 0.336 e. The quantitative estimate of drug-likeness (QED) is 0.504. The predicted molar refractivity (Wildman–Crippen MR) is 99.5 cm³/mol. The highest BCUT2D eigenvalue weighted by molar-refractivity contribution is 5.82. The zero-order valence-electron chi connectivity index (χ0n) is 16.0. The Hall–Kier alpha value is -2.01. The fourth-order valence-corrected chi connectivity index (χ4v) is 3.79. The van der Waals surface area contributed by atoms with Crippen LogP contribution in [0.15, 0.2) is 33.5 Å². The van der Waals surface area contributed by atoms with Crippen LogP contribution in [0.3, 0.4) is 0 Å². The van der Waals surface area contributed by atoms with Gasteiger partial charge in [0.2, 0.25) is 0 Å². The van der Waals surface area contributed by atoms with E-state index in [1.54, 1.807) is 32.0 Å². The van der Waals surface area contributed by atoms with Crippen LogP contribution >= 0.6 is 0 Å². The number of benzene rings is 1. The summed E-state index contributed by atoms with van der Waals surface area (Å²) in [5.41, 5.74) is -0.279. The number of ether oxygens (including phenoxy) is 3. The Morgan fingerprint density at radius 1 is 1.10 bits per heavy atom. The molecule has 0 spiro atoms. The molecule has 9 nitrogen and oxygen atoms in total. The Kier molecular flexibility index (Phi) is 5.14. The highest BCUT2D eigenvalue weighted by atomic mass is 16.7. The summed E-state index contributed by atoms with van der Waals surface area (Å²) in [6.45, 7) is 3.06. The Bertz CT molecular complexity index is 951. The lowest BCUT2D eigenvalue weighted by Crippen LogP contribution is -2.61. The van der Waals surface area contributed by atoms with E-state index in [4.69, 9.17) is 18.6 Å². The van der Waals surface area contributed by atoms with E-state index in [9.17, 15) is 25.2 Å². The first kappa shape index (κ1) is 20.3. The number of hydrogen-bond donors (Lipinski definition) is 4. The summed E-state index contributed by atoms with van der Waals surface area (Å²) >= 11 is 0. The first-order chi connectivity index (χ1) is 13.7. The molecule has 2 aliphatic heterocycles. The second-order valence-electron chi connectivity index (χ2n) is 7.95. The van der Waals surface area contributed by atoms with Crippen molar-refractivity contribution in [3.05, 3.63) is 40.2 Å². The van der Waals surface area contributed by atoms with E-state index in [-0.39, 0.29) is 0 Å². The minimum Gasteiger partial charge on any atom is -0.485 e. The molecule has 0 bridgehead atoms. The molecule has 29 heavy (non-hydrogen) atoms. The van der Waals surface area contributed by atoms with Gasteiger partial charge in [-0.3, -0.25) is 0 Å². The van der Waals surface area contributed by atoms with Gasteiger partial charge in [-0.1, -0.05) is 0 Å². The third kappa shape index (κ3) is 3.54. The van der Waals surface area contributed by atoms with Crippen LogP contribution in [0.2, 0.25) is 0 Å². The number of hydrogen-bond acceptors (Lipinski definition) is 9. The topological polar surface area (TPSA) is 139 Å². The lowest BCUT2D eigenvalue weighted by atomic mass is 9.89. The van der Waals surface area contributed by atoms with Crippen molar-refractivity contribution in [1.82, 2.24) is 0 Å². The third-order valence-corrected chi connectivity index (χ3v) is 5.53. The molecule has 0 amide bonds. The summed E-state index contributed by atoms with van der Waals surface area (Å²) in [4.78, 5) is 11.7. The molecular formula is C20H24O9. The molecule has 1 aromatic heterocycles. The summed E-state index contributed by atoms with van der Waals surface area (Å²) < 4.78 is 22.9. The molecule has 0 aliphatic carbocycles. The average Bonchev–Trinajstić information content (AvgIpc) is 2.68. The maximum atomic E-state index is 11.7. The molecule has 1 saturated heterocycles. The van der Waals surface area contributed by atoms with Gasteiger partial charge in [0.15, 0.2) is 6.29 Å². The summed E-state index contributed by atoms with van der Waals surface area (Å²) in [7, 11) is 0. The van der Waals surface area contributed by atoms with Crippen molar-refractivity contribution < 1.29 is 39.1 Å². The van der Waals surface area contributed by atoms with Crippen LogP contribution in [0.5, 0.6) is 5.75 Å². The predicted octanol–water partition coefficient (Wildman–Crippen LogP) is -0.308. The first-order valence-corrected chi connectivity index (χ1v) is 9.42. The normalized spacial score (nSPS) is 33.9. The molecule has 4 rings (SSSR count). The standard InChI is InChI=1S/C20H24O9/c1-20(2)13(27-19-17(25)16(24)15(23)12(8-21)26-19)7-10-11(29-20)5-3-9-4-6-14(22)28-18(9)10/h3-6,12-13,15-17,19,21,23-25H,7-8H2,1-2H3/t12-,13+,15-,16+,17-,19-/m1/s1. The maximum Gasteiger partial charge on any atom is 0.336 e. The fraction of sp³-hybridized carbons (Fsp3) is 0.550. The lowest BCUT2D eigenvalue weighted by molar-refractivity contribution is -0.321. The Morgan fingerprint density at radius 3 is 2.55 bits per heavy atom. The van der Waals surface area contributed by atoms with Crippen molar-refractivity contribution >= 4 is 11.0 Å². The van der Waals surface area contributed by atoms with Gasteiger partial charge in [0.05, 0.1) is 6.61 Å². The van der Waals surface area contributed by atoms with Crippen LogP contribution in [-0.2, 0) is 15.9 Å². The Morgan fingerprint density at radius 2 is 1.83 bits per heavy atom. The minimum atomic E-state index is -1.54. The average molecular weight is 408 g/mol. The molecule has 2 aliphatic rings. The summed E-state index contributed by atoms with van der Waals surface area (Å²) in [5.74, 6) is 0.561. The molecule has 1 fully saturated rings. The molecule has 6 atom stereocenters. The molecule has 0 radical (unpaired) electrons. The fourth-order valence-electron chi connectivity index (χ4n) is 3.79. The van der Waals surface area contributed by atoms with Gasteiger partial charge in [0.25, 0.3) is 0 Å². The van der Waals surface area contributed by atoms with Crippen molar-refractivity contribution in [3.63, 3.8) is 0 Å². The summed E-state index contributed by atoms with van der Waals surface area (Å²) in [6.07, 6.45) is -7.24. The zero-order valence-corrected chi connectivity index (χ0v) is 16.0. The van der Waals surface area contributed by atoms with Crippen LogP contribution in [0.4, 0.5) is 0 Å².